The number of carbonyl (C=O) groups excluding carboxylic acids is 1. The zero-order chi connectivity index (χ0) is 19.6. The Kier molecular flexibility index (Phi) is 8.62. The van der Waals surface area contributed by atoms with Crippen LogP contribution in [-0.4, -0.2) is 50.1 Å². The third-order valence-electron chi connectivity index (χ3n) is 6.05. The van der Waals surface area contributed by atoms with E-state index in [9.17, 15) is 4.79 Å². The monoisotopic (exact) mass is 387 g/mol. The van der Waals surface area contributed by atoms with Crippen molar-refractivity contribution in [1.29, 1.82) is 0 Å². The number of hydrogen-bond acceptors (Lipinski definition) is 4. The number of piperazine rings is 1. The van der Waals surface area contributed by atoms with Gasteiger partial charge in [-0.1, -0.05) is 38.2 Å². The molecule has 1 amide bonds. The molecule has 1 heterocycles. The summed E-state index contributed by atoms with van der Waals surface area (Å²) in [6, 6.07) is 6.24. The SMILES string of the molecule is CCOc1cc(CCN2CCNCC2)ccc1NC(=O)CCC1CCCCC1. The molecule has 5 heteroatoms. The van der Waals surface area contributed by atoms with Gasteiger partial charge in [0.1, 0.15) is 5.75 Å². The lowest BCUT2D eigenvalue weighted by molar-refractivity contribution is -0.116. The highest BCUT2D eigenvalue weighted by molar-refractivity contribution is 5.92. The third kappa shape index (κ3) is 6.78. The van der Waals surface area contributed by atoms with E-state index in [0.29, 0.717) is 13.0 Å². The second kappa shape index (κ2) is 11.4. The molecule has 2 fully saturated rings. The molecule has 156 valence electrons. The van der Waals surface area contributed by atoms with Crippen molar-refractivity contribution in [3.8, 4) is 5.75 Å². The summed E-state index contributed by atoms with van der Waals surface area (Å²) < 4.78 is 5.83. The summed E-state index contributed by atoms with van der Waals surface area (Å²) in [5.41, 5.74) is 2.07. The molecule has 5 nitrogen and oxygen atoms in total. The molecule has 28 heavy (non-hydrogen) atoms. The molecule has 2 aliphatic rings. The summed E-state index contributed by atoms with van der Waals surface area (Å²) in [7, 11) is 0. The number of benzene rings is 1. The van der Waals surface area contributed by atoms with Crippen LogP contribution in [0.1, 0.15) is 57.4 Å². The number of anilines is 1. The van der Waals surface area contributed by atoms with Gasteiger partial charge in [-0.25, -0.2) is 0 Å². The molecule has 0 radical (unpaired) electrons. The minimum Gasteiger partial charge on any atom is -0.492 e. The van der Waals surface area contributed by atoms with Crippen molar-refractivity contribution in [2.24, 2.45) is 5.92 Å². The lowest BCUT2D eigenvalue weighted by Gasteiger charge is -2.27. The van der Waals surface area contributed by atoms with Crippen LogP contribution in [0, 0.1) is 5.92 Å². The number of nitrogens with one attached hydrogen (secondary N) is 2. The zero-order valence-electron chi connectivity index (χ0n) is 17.5. The van der Waals surface area contributed by atoms with Crippen LogP contribution in [0.15, 0.2) is 18.2 Å². The van der Waals surface area contributed by atoms with E-state index in [0.717, 1.165) is 62.9 Å². The molecule has 2 N–H and O–H groups in total. The Morgan fingerprint density at radius 3 is 2.75 bits per heavy atom. The maximum absolute atomic E-state index is 12.4. The first-order valence-electron chi connectivity index (χ1n) is 11.2. The van der Waals surface area contributed by atoms with Gasteiger partial charge >= 0.3 is 0 Å². The van der Waals surface area contributed by atoms with Gasteiger partial charge in [0, 0.05) is 39.1 Å². The smallest absolute Gasteiger partial charge is 0.224 e. The van der Waals surface area contributed by atoms with Gasteiger partial charge in [-0.2, -0.15) is 0 Å². The van der Waals surface area contributed by atoms with Crippen LogP contribution in [0.5, 0.6) is 5.75 Å². The second-order valence-electron chi connectivity index (χ2n) is 8.20. The summed E-state index contributed by atoms with van der Waals surface area (Å²) >= 11 is 0. The highest BCUT2D eigenvalue weighted by atomic mass is 16.5. The Balaban J connectivity index is 1.51. The zero-order valence-corrected chi connectivity index (χ0v) is 17.5. The Morgan fingerprint density at radius 1 is 1.21 bits per heavy atom. The van der Waals surface area contributed by atoms with Gasteiger partial charge in [-0.05, 0) is 43.4 Å². The Labute approximate surface area is 170 Å². The predicted octanol–water partition coefficient (Wildman–Crippen LogP) is 3.83. The molecular formula is C23H37N3O2. The fourth-order valence-corrected chi connectivity index (χ4v) is 4.35. The molecule has 0 unspecified atom stereocenters. The number of nitrogens with zero attached hydrogens (tertiary/aromatic N) is 1. The highest BCUT2D eigenvalue weighted by Gasteiger charge is 2.16. The van der Waals surface area contributed by atoms with Gasteiger partial charge < -0.3 is 20.3 Å². The number of carbonyl (C=O) groups is 1. The molecule has 1 saturated carbocycles. The molecule has 0 spiro atoms. The molecule has 1 aliphatic carbocycles. The topological polar surface area (TPSA) is 53.6 Å². The fraction of sp³-hybridized carbons (Fsp3) is 0.696. The average molecular weight is 388 g/mol. The van der Waals surface area contributed by atoms with Crippen LogP contribution < -0.4 is 15.4 Å². The van der Waals surface area contributed by atoms with E-state index in [1.165, 1.54) is 37.7 Å². The normalized spacial score (nSPS) is 18.8. The first-order chi connectivity index (χ1) is 13.7. The lowest BCUT2D eigenvalue weighted by atomic mass is 9.86. The van der Waals surface area contributed by atoms with E-state index in [1.807, 2.05) is 13.0 Å². The Hall–Kier alpha value is -1.59. The molecule has 3 rings (SSSR count). The van der Waals surface area contributed by atoms with E-state index in [-0.39, 0.29) is 5.91 Å². The van der Waals surface area contributed by atoms with Crippen molar-refractivity contribution < 1.29 is 9.53 Å². The van der Waals surface area contributed by atoms with Crippen molar-refractivity contribution in [3.05, 3.63) is 23.8 Å². The molecule has 1 aromatic rings. The lowest BCUT2D eigenvalue weighted by Crippen LogP contribution is -2.44. The Bertz CT molecular complexity index is 608. The first kappa shape index (κ1) is 21.1. The van der Waals surface area contributed by atoms with Gasteiger partial charge in [-0.15, -0.1) is 0 Å². The van der Waals surface area contributed by atoms with Crippen molar-refractivity contribution in [1.82, 2.24) is 10.2 Å². The largest absolute Gasteiger partial charge is 0.492 e. The fourth-order valence-electron chi connectivity index (χ4n) is 4.35. The van der Waals surface area contributed by atoms with Gasteiger partial charge in [0.05, 0.1) is 12.3 Å². The van der Waals surface area contributed by atoms with Crippen LogP contribution in [0.3, 0.4) is 0 Å². The van der Waals surface area contributed by atoms with E-state index in [1.54, 1.807) is 0 Å². The maximum atomic E-state index is 12.4. The second-order valence-corrected chi connectivity index (χ2v) is 8.20. The predicted molar refractivity (Wildman–Crippen MR) is 115 cm³/mol. The maximum Gasteiger partial charge on any atom is 0.224 e. The number of rotatable bonds is 9. The molecule has 1 aliphatic heterocycles. The minimum atomic E-state index is 0.111. The van der Waals surface area contributed by atoms with Crippen molar-refractivity contribution in [2.45, 2.75) is 58.3 Å². The van der Waals surface area contributed by atoms with Crippen LogP contribution >= 0.6 is 0 Å². The van der Waals surface area contributed by atoms with Gasteiger partial charge in [0.15, 0.2) is 0 Å². The van der Waals surface area contributed by atoms with E-state index in [2.05, 4.69) is 27.7 Å². The molecular weight excluding hydrogens is 350 g/mol. The van der Waals surface area contributed by atoms with Crippen LogP contribution in [0.4, 0.5) is 5.69 Å². The molecule has 1 aromatic carbocycles. The number of ether oxygens (including phenoxy) is 1. The average Bonchev–Trinajstić information content (AvgIpc) is 2.74. The number of amides is 1. The highest BCUT2D eigenvalue weighted by Crippen LogP contribution is 2.29. The van der Waals surface area contributed by atoms with Gasteiger partial charge in [0.2, 0.25) is 5.91 Å². The Morgan fingerprint density at radius 2 is 2.00 bits per heavy atom. The standard InChI is InChI=1S/C23H37N3O2/c1-2-28-22-18-20(12-15-26-16-13-24-14-17-26)8-10-21(22)25-23(27)11-9-19-6-4-3-5-7-19/h8,10,18-19,24H,2-7,9,11-17H2,1H3,(H,25,27). The summed E-state index contributed by atoms with van der Waals surface area (Å²) in [5.74, 6) is 1.64. The molecule has 0 atom stereocenters. The summed E-state index contributed by atoms with van der Waals surface area (Å²) in [6.45, 7) is 8.06. The molecule has 1 saturated heterocycles. The van der Waals surface area contributed by atoms with Crippen molar-refractivity contribution >= 4 is 11.6 Å². The minimum absolute atomic E-state index is 0.111. The van der Waals surface area contributed by atoms with Crippen LogP contribution in [0.2, 0.25) is 0 Å². The van der Waals surface area contributed by atoms with Crippen LogP contribution in [0.25, 0.3) is 0 Å². The third-order valence-corrected chi connectivity index (χ3v) is 6.05. The summed E-state index contributed by atoms with van der Waals surface area (Å²) in [4.78, 5) is 14.9. The molecule has 0 aromatic heterocycles. The van der Waals surface area contributed by atoms with E-state index >= 15 is 0 Å². The quantitative estimate of drug-likeness (QED) is 0.676. The van der Waals surface area contributed by atoms with Crippen molar-refractivity contribution in [3.63, 3.8) is 0 Å². The first-order valence-corrected chi connectivity index (χ1v) is 11.2. The summed E-state index contributed by atoms with van der Waals surface area (Å²) in [5, 5.41) is 6.48. The van der Waals surface area contributed by atoms with E-state index in [4.69, 9.17) is 4.74 Å². The van der Waals surface area contributed by atoms with Gasteiger partial charge in [-0.3, -0.25) is 4.79 Å². The number of hydrogen-bond donors (Lipinski definition) is 2. The summed E-state index contributed by atoms with van der Waals surface area (Å²) in [6.07, 6.45) is 9.24. The molecule has 0 bridgehead atoms. The van der Waals surface area contributed by atoms with Crippen molar-refractivity contribution in [2.75, 3.05) is 44.6 Å². The van der Waals surface area contributed by atoms with E-state index < -0.39 is 0 Å². The van der Waals surface area contributed by atoms with Gasteiger partial charge in [0.25, 0.3) is 0 Å². The van der Waals surface area contributed by atoms with Crippen LogP contribution in [-0.2, 0) is 11.2 Å².